The molecule has 0 saturated heterocycles. The molecule has 0 fully saturated rings. The molecular formula is C21H21ClN2O4S. The van der Waals surface area contributed by atoms with Crippen molar-refractivity contribution in [1.82, 2.24) is 5.32 Å². The maximum Gasteiger partial charge on any atom is 0.264 e. The minimum Gasteiger partial charge on any atom is -0.464 e. The number of sulfonamides is 1. The van der Waals surface area contributed by atoms with E-state index in [0.29, 0.717) is 16.5 Å². The number of hydrogen-bond donors (Lipinski definition) is 1. The van der Waals surface area contributed by atoms with Crippen LogP contribution in [-0.4, -0.2) is 21.4 Å². The minimum atomic E-state index is -3.87. The van der Waals surface area contributed by atoms with Crippen LogP contribution in [0.2, 0.25) is 5.02 Å². The zero-order chi connectivity index (χ0) is 21.2. The largest absolute Gasteiger partial charge is 0.464 e. The lowest BCUT2D eigenvalue weighted by Gasteiger charge is -2.20. The van der Waals surface area contributed by atoms with Crippen LogP contribution in [-0.2, 0) is 10.0 Å². The summed E-state index contributed by atoms with van der Waals surface area (Å²) in [6.07, 6.45) is 0. The Morgan fingerprint density at radius 1 is 1.10 bits per heavy atom. The van der Waals surface area contributed by atoms with Gasteiger partial charge in [0.2, 0.25) is 0 Å². The minimum absolute atomic E-state index is 0.00845. The maximum absolute atomic E-state index is 13.0. The predicted octanol–water partition coefficient (Wildman–Crippen LogP) is 4.56. The molecule has 8 heteroatoms. The van der Waals surface area contributed by atoms with Gasteiger partial charge in [-0.25, -0.2) is 8.42 Å². The highest BCUT2D eigenvalue weighted by molar-refractivity contribution is 7.92. The van der Waals surface area contributed by atoms with Crippen molar-refractivity contribution in [3.63, 3.8) is 0 Å². The van der Waals surface area contributed by atoms with Gasteiger partial charge in [0, 0.05) is 17.6 Å². The summed E-state index contributed by atoms with van der Waals surface area (Å²) in [7, 11) is -2.43. The van der Waals surface area contributed by atoms with Gasteiger partial charge < -0.3 is 9.73 Å². The summed E-state index contributed by atoms with van der Waals surface area (Å²) in [6, 6.07) is 15.7. The number of carbonyl (C=O) groups excluding carboxylic acids is 1. The molecular weight excluding hydrogens is 412 g/mol. The average Bonchev–Trinajstić information content (AvgIpc) is 3.14. The van der Waals surface area contributed by atoms with Crippen LogP contribution in [0.5, 0.6) is 0 Å². The zero-order valence-electron chi connectivity index (χ0n) is 16.2. The molecule has 0 saturated carbocycles. The lowest BCUT2D eigenvalue weighted by atomic mass is 10.2. The first-order chi connectivity index (χ1) is 13.7. The summed E-state index contributed by atoms with van der Waals surface area (Å²) in [5.74, 6) is 0.979. The number of anilines is 1. The topological polar surface area (TPSA) is 79.6 Å². The van der Waals surface area contributed by atoms with E-state index in [-0.39, 0.29) is 16.5 Å². The number of nitrogens with one attached hydrogen (secondary N) is 1. The molecule has 3 aromatic rings. The predicted molar refractivity (Wildman–Crippen MR) is 113 cm³/mol. The molecule has 1 aromatic heterocycles. The molecule has 152 valence electrons. The Balaban J connectivity index is 1.83. The van der Waals surface area contributed by atoms with Gasteiger partial charge in [-0.3, -0.25) is 9.10 Å². The van der Waals surface area contributed by atoms with E-state index < -0.39 is 15.9 Å². The molecule has 29 heavy (non-hydrogen) atoms. The molecule has 2 aromatic carbocycles. The third-order valence-electron chi connectivity index (χ3n) is 4.46. The summed E-state index contributed by atoms with van der Waals surface area (Å²) in [5, 5.41) is 3.24. The summed E-state index contributed by atoms with van der Waals surface area (Å²) in [5.41, 5.74) is 0.662. The lowest BCUT2D eigenvalue weighted by molar-refractivity contribution is 0.0935. The fourth-order valence-electron chi connectivity index (χ4n) is 2.80. The SMILES string of the molecule is Cc1ccc(C(C)NC(=O)c2cccc(S(=O)(=O)N(C)c3cccc(Cl)c3)c2)o1. The molecule has 3 rings (SSSR count). The lowest BCUT2D eigenvalue weighted by Crippen LogP contribution is -2.28. The van der Waals surface area contributed by atoms with E-state index in [1.807, 2.05) is 13.0 Å². The number of halogens is 1. The van der Waals surface area contributed by atoms with E-state index in [9.17, 15) is 13.2 Å². The van der Waals surface area contributed by atoms with Gasteiger partial charge in [-0.05, 0) is 62.4 Å². The Labute approximate surface area is 175 Å². The normalized spacial score (nSPS) is 12.4. The van der Waals surface area contributed by atoms with Crippen LogP contribution >= 0.6 is 11.6 Å². The van der Waals surface area contributed by atoms with Crippen LogP contribution in [0.4, 0.5) is 5.69 Å². The van der Waals surface area contributed by atoms with Crippen LogP contribution in [0.15, 0.2) is 70.0 Å². The van der Waals surface area contributed by atoms with Gasteiger partial charge in [0.15, 0.2) is 0 Å². The first-order valence-corrected chi connectivity index (χ1v) is 10.7. The highest BCUT2D eigenvalue weighted by Gasteiger charge is 2.23. The maximum atomic E-state index is 13.0. The molecule has 1 atom stereocenters. The number of benzene rings is 2. The smallest absolute Gasteiger partial charge is 0.264 e. The summed E-state index contributed by atoms with van der Waals surface area (Å²) in [6.45, 7) is 3.62. The van der Waals surface area contributed by atoms with E-state index >= 15 is 0 Å². The fraction of sp³-hybridized carbons (Fsp3) is 0.190. The third-order valence-corrected chi connectivity index (χ3v) is 6.48. The van der Waals surface area contributed by atoms with E-state index in [1.54, 1.807) is 43.3 Å². The van der Waals surface area contributed by atoms with Crippen molar-refractivity contribution >= 4 is 33.2 Å². The second-order valence-electron chi connectivity index (χ2n) is 6.62. The number of furan rings is 1. The molecule has 1 amide bonds. The molecule has 0 aliphatic carbocycles. The van der Waals surface area contributed by atoms with Crippen molar-refractivity contribution in [1.29, 1.82) is 0 Å². The van der Waals surface area contributed by atoms with Crippen molar-refractivity contribution in [2.45, 2.75) is 24.8 Å². The van der Waals surface area contributed by atoms with Gasteiger partial charge in [0.25, 0.3) is 15.9 Å². The van der Waals surface area contributed by atoms with Crippen molar-refractivity contribution in [3.05, 3.63) is 82.8 Å². The summed E-state index contributed by atoms with van der Waals surface area (Å²) in [4.78, 5) is 12.6. The van der Waals surface area contributed by atoms with Gasteiger partial charge >= 0.3 is 0 Å². The van der Waals surface area contributed by atoms with Gasteiger partial charge in [-0.1, -0.05) is 23.7 Å². The molecule has 1 N–H and O–H groups in total. The zero-order valence-corrected chi connectivity index (χ0v) is 17.8. The molecule has 1 unspecified atom stereocenters. The summed E-state index contributed by atoms with van der Waals surface area (Å²) < 4.78 is 32.7. The van der Waals surface area contributed by atoms with E-state index in [0.717, 1.165) is 10.1 Å². The Morgan fingerprint density at radius 2 is 1.83 bits per heavy atom. The van der Waals surface area contributed by atoms with Crippen LogP contribution in [0.3, 0.4) is 0 Å². The van der Waals surface area contributed by atoms with E-state index in [2.05, 4.69) is 5.32 Å². The number of rotatable bonds is 6. The number of amides is 1. The fourth-order valence-corrected chi connectivity index (χ4v) is 4.22. The standard InChI is InChI=1S/C21H21ClN2O4S/c1-14-10-11-20(28-14)15(2)23-21(25)16-6-4-9-19(12-16)29(26,27)24(3)18-8-5-7-17(22)13-18/h4-13,15H,1-3H3,(H,23,25). The third kappa shape index (κ3) is 4.63. The molecule has 1 heterocycles. The number of aryl methyl sites for hydroxylation is 1. The second kappa shape index (κ2) is 8.31. The van der Waals surface area contributed by atoms with Gasteiger partial charge in [-0.15, -0.1) is 0 Å². The molecule has 0 bridgehead atoms. The highest BCUT2D eigenvalue weighted by atomic mass is 35.5. The van der Waals surface area contributed by atoms with Gasteiger partial charge in [0.05, 0.1) is 16.6 Å². The van der Waals surface area contributed by atoms with Crippen LogP contribution in [0, 0.1) is 6.92 Å². The second-order valence-corrected chi connectivity index (χ2v) is 9.03. The quantitative estimate of drug-likeness (QED) is 0.619. The van der Waals surface area contributed by atoms with Crippen molar-refractivity contribution < 1.29 is 17.6 Å². The first kappa shape index (κ1) is 21.0. The first-order valence-electron chi connectivity index (χ1n) is 8.90. The molecule has 0 spiro atoms. The molecule has 6 nitrogen and oxygen atoms in total. The molecule has 0 aliphatic heterocycles. The van der Waals surface area contributed by atoms with Crippen molar-refractivity contribution in [2.75, 3.05) is 11.4 Å². The monoisotopic (exact) mass is 432 g/mol. The number of hydrogen-bond acceptors (Lipinski definition) is 4. The molecule has 0 aliphatic rings. The number of carbonyl (C=O) groups is 1. The van der Waals surface area contributed by atoms with Crippen LogP contribution in [0.25, 0.3) is 0 Å². The van der Waals surface area contributed by atoms with Crippen LogP contribution in [0.1, 0.15) is 34.8 Å². The Hall–Kier alpha value is -2.77. The van der Waals surface area contributed by atoms with Crippen molar-refractivity contribution in [2.24, 2.45) is 0 Å². The van der Waals surface area contributed by atoms with Crippen LogP contribution < -0.4 is 9.62 Å². The Morgan fingerprint density at radius 3 is 2.48 bits per heavy atom. The van der Waals surface area contributed by atoms with E-state index in [1.165, 1.54) is 25.2 Å². The summed E-state index contributed by atoms with van der Waals surface area (Å²) >= 11 is 5.97. The van der Waals surface area contributed by atoms with Gasteiger partial charge in [-0.2, -0.15) is 0 Å². The molecule has 0 radical (unpaired) electrons. The highest BCUT2D eigenvalue weighted by Crippen LogP contribution is 2.25. The number of nitrogens with zero attached hydrogens (tertiary/aromatic N) is 1. The Kier molecular flexibility index (Phi) is 6.00. The average molecular weight is 433 g/mol. The van der Waals surface area contributed by atoms with Gasteiger partial charge in [0.1, 0.15) is 11.5 Å². The van der Waals surface area contributed by atoms with E-state index in [4.69, 9.17) is 16.0 Å². The Bertz CT molecular complexity index is 1140. The van der Waals surface area contributed by atoms with Crippen molar-refractivity contribution in [3.8, 4) is 0 Å².